The number of hydrogen-bond acceptors (Lipinski definition) is 5. The maximum atomic E-state index is 11.6. The maximum absolute atomic E-state index is 11.6. The second-order valence-corrected chi connectivity index (χ2v) is 4.38. The van der Waals surface area contributed by atoms with Gasteiger partial charge in [0, 0.05) is 0 Å². The molecule has 1 rings (SSSR count). The Labute approximate surface area is 114 Å². The van der Waals surface area contributed by atoms with E-state index in [2.05, 4.69) is 16.6 Å². The first-order valence-electron chi connectivity index (χ1n) is 6.65. The summed E-state index contributed by atoms with van der Waals surface area (Å²) >= 11 is 0. The van der Waals surface area contributed by atoms with E-state index in [9.17, 15) is 4.79 Å². The highest BCUT2D eigenvalue weighted by atomic mass is 16.5. The van der Waals surface area contributed by atoms with E-state index in [0.29, 0.717) is 12.3 Å². The molecule has 0 atom stereocenters. The Hall–Kier alpha value is -1.78. The topological polar surface area (TPSA) is 74.4 Å². The van der Waals surface area contributed by atoms with Gasteiger partial charge in [-0.05, 0) is 12.5 Å². The Kier molecular flexibility index (Phi) is 6.71. The number of nitrogens with zero attached hydrogens (tertiary/aromatic N) is 1. The zero-order valence-electron chi connectivity index (χ0n) is 11.6. The van der Waals surface area contributed by atoms with Crippen LogP contribution in [0.4, 0.5) is 5.69 Å². The van der Waals surface area contributed by atoms with Crippen LogP contribution in [0.3, 0.4) is 0 Å². The van der Waals surface area contributed by atoms with Gasteiger partial charge in [0.15, 0.2) is 0 Å². The standard InChI is InChI=1S/C14H22N2O3/c1-3-4-5-6-7-8-19-13-12(14(17)18-2)9-11(15)10-16-13/h9-10H,3-8,15H2,1-2H3. The molecule has 1 aromatic rings. The summed E-state index contributed by atoms with van der Waals surface area (Å²) in [5.41, 5.74) is 6.29. The third-order valence-electron chi connectivity index (χ3n) is 2.76. The quantitative estimate of drug-likeness (QED) is 0.578. The van der Waals surface area contributed by atoms with Gasteiger partial charge in [-0.3, -0.25) is 0 Å². The van der Waals surface area contributed by atoms with Crippen LogP contribution in [0, 0.1) is 0 Å². The van der Waals surface area contributed by atoms with E-state index >= 15 is 0 Å². The molecule has 0 unspecified atom stereocenters. The summed E-state index contributed by atoms with van der Waals surface area (Å²) in [7, 11) is 1.32. The van der Waals surface area contributed by atoms with Crippen molar-refractivity contribution in [3.63, 3.8) is 0 Å². The number of anilines is 1. The summed E-state index contributed by atoms with van der Waals surface area (Å²) < 4.78 is 10.2. The van der Waals surface area contributed by atoms with Gasteiger partial charge in [-0.25, -0.2) is 9.78 Å². The number of carbonyl (C=O) groups excluding carboxylic acids is 1. The zero-order valence-corrected chi connectivity index (χ0v) is 11.6. The minimum atomic E-state index is -0.485. The molecule has 0 amide bonds. The van der Waals surface area contributed by atoms with E-state index < -0.39 is 5.97 Å². The average Bonchev–Trinajstić information content (AvgIpc) is 2.43. The number of nitrogens with two attached hydrogens (primary N) is 1. The van der Waals surface area contributed by atoms with Crippen molar-refractivity contribution in [3.8, 4) is 5.88 Å². The second-order valence-electron chi connectivity index (χ2n) is 4.38. The summed E-state index contributed by atoms with van der Waals surface area (Å²) in [6.45, 7) is 2.72. The highest BCUT2D eigenvalue weighted by Crippen LogP contribution is 2.19. The fourth-order valence-electron chi connectivity index (χ4n) is 1.71. The van der Waals surface area contributed by atoms with Crippen LogP contribution >= 0.6 is 0 Å². The lowest BCUT2D eigenvalue weighted by molar-refractivity contribution is 0.0595. The van der Waals surface area contributed by atoms with Crippen molar-refractivity contribution in [2.24, 2.45) is 0 Å². The molecule has 0 saturated heterocycles. The number of carbonyl (C=O) groups is 1. The number of aromatic nitrogens is 1. The van der Waals surface area contributed by atoms with Gasteiger partial charge in [0.25, 0.3) is 0 Å². The maximum Gasteiger partial charge on any atom is 0.343 e. The lowest BCUT2D eigenvalue weighted by Gasteiger charge is -2.09. The number of unbranched alkanes of at least 4 members (excludes halogenated alkanes) is 4. The molecule has 1 heterocycles. The van der Waals surface area contributed by atoms with Crippen LogP contribution in [0.2, 0.25) is 0 Å². The number of nitrogen functional groups attached to an aromatic ring is 1. The molecule has 2 N–H and O–H groups in total. The fourth-order valence-corrected chi connectivity index (χ4v) is 1.71. The third-order valence-corrected chi connectivity index (χ3v) is 2.76. The normalized spacial score (nSPS) is 10.2. The van der Waals surface area contributed by atoms with Gasteiger partial charge in [0.1, 0.15) is 5.56 Å². The van der Waals surface area contributed by atoms with Gasteiger partial charge in [-0.2, -0.15) is 0 Å². The van der Waals surface area contributed by atoms with Gasteiger partial charge in [0.05, 0.1) is 25.6 Å². The van der Waals surface area contributed by atoms with Gasteiger partial charge < -0.3 is 15.2 Å². The van der Waals surface area contributed by atoms with E-state index in [1.807, 2.05) is 0 Å². The molecule has 5 heteroatoms. The molecule has 19 heavy (non-hydrogen) atoms. The van der Waals surface area contributed by atoms with E-state index in [4.69, 9.17) is 10.5 Å². The van der Waals surface area contributed by atoms with Crippen LogP contribution in [0.1, 0.15) is 49.4 Å². The number of esters is 1. The van der Waals surface area contributed by atoms with Crippen LogP contribution < -0.4 is 10.5 Å². The SMILES string of the molecule is CCCCCCCOc1ncc(N)cc1C(=O)OC. The molecular formula is C14H22N2O3. The van der Waals surface area contributed by atoms with E-state index in [-0.39, 0.29) is 11.4 Å². The first-order chi connectivity index (χ1) is 9.19. The average molecular weight is 266 g/mol. The van der Waals surface area contributed by atoms with Crippen molar-refractivity contribution in [2.45, 2.75) is 39.0 Å². The highest BCUT2D eigenvalue weighted by Gasteiger charge is 2.14. The molecule has 0 aliphatic heterocycles. The van der Waals surface area contributed by atoms with Crippen LogP contribution in [0.25, 0.3) is 0 Å². The van der Waals surface area contributed by atoms with Crippen LogP contribution in [-0.2, 0) is 4.74 Å². The van der Waals surface area contributed by atoms with E-state index in [0.717, 1.165) is 12.8 Å². The number of rotatable bonds is 8. The molecule has 0 fully saturated rings. The minimum absolute atomic E-state index is 0.274. The largest absolute Gasteiger partial charge is 0.477 e. The second kappa shape index (κ2) is 8.34. The van der Waals surface area contributed by atoms with Crippen LogP contribution in [-0.4, -0.2) is 24.7 Å². The Morgan fingerprint density at radius 1 is 1.32 bits per heavy atom. The van der Waals surface area contributed by atoms with Crippen molar-refractivity contribution in [1.29, 1.82) is 0 Å². The van der Waals surface area contributed by atoms with Gasteiger partial charge in [0.2, 0.25) is 5.88 Å². The van der Waals surface area contributed by atoms with Crippen LogP contribution in [0.5, 0.6) is 5.88 Å². The Morgan fingerprint density at radius 3 is 2.74 bits per heavy atom. The number of hydrogen-bond donors (Lipinski definition) is 1. The lowest BCUT2D eigenvalue weighted by Crippen LogP contribution is -2.09. The Bertz CT molecular complexity index is 408. The highest BCUT2D eigenvalue weighted by molar-refractivity contribution is 5.92. The van der Waals surface area contributed by atoms with Crippen molar-refractivity contribution in [3.05, 3.63) is 17.8 Å². The summed E-state index contributed by atoms with van der Waals surface area (Å²) in [6.07, 6.45) is 7.21. The molecule has 106 valence electrons. The number of pyridine rings is 1. The molecule has 5 nitrogen and oxygen atoms in total. The van der Waals surface area contributed by atoms with Crippen molar-refractivity contribution in [2.75, 3.05) is 19.5 Å². The molecule has 0 aliphatic carbocycles. The molecule has 0 saturated carbocycles. The molecule has 0 bridgehead atoms. The van der Waals surface area contributed by atoms with Crippen molar-refractivity contribution < 1.29 is 14.3 Å². The van der Waals surface area contributed by atoms with Crippen LogP contribution in [0.15, 0.2) is 12.3 Å². The van der Waals surface area contributed by atoms with Crippen molar-refractivity contribution >= 4 is 11.7 Å². The predicted octanol–water partition coefficient (Wildman–Crippen LogP) is 2.80. The fraction of sp³-hybridized carbons (Fsp3) is 0.571. The third kappa shape index (κ3) is 5.16. The van der Waals surface area contributed by atoms with E-state index in [1.165, 1.54) is 38.6 Å². The first-order valence-corrected chi connectivity index (χ1v) is 6.65. The molecule has 1 aromatic heterocycles. The molecule has 0 spiro atoms. The zero-order chi connectivity index (χ0) is 14.1. The number of methoxy groups -OCH3 is 1. The summed E-state index contributed by atoms with van der Waals surface area (Å²) in [6, 6.07) is 1.52. The predicted molar refractivity (Wildman–Crippen MR) is 74.2 cm³/mol. The lowest BCUT2D eigenvalue weighted by atomic mass is 10.2. The minimum Gasteiger partial charge on any atom is -0.477 e. The van der Waals surface area contributed by atoms with Crippen molar-refractivity contribution in [1.82, 2.24) is 4.98 Å². The van der Waals surface area contributed by atoms with Gasteiger partial charge in [-0.15, -0.1) is 0 Å². The summed E-state index contributed by atoms with van der Waals surface area (Å²) in [4.78, 5) is 15.6. The molecule has 0 aliphatic rings. The van der Waals surface area contributed by atoms with Gasteiger partial charge in [-0.1, -0.05) is 32.6 Å². The summed E-state index contributed by atoms with van der Waals surface area (Å²) in [5, 5.41) is 0. The Balaban J connectivity index is 2.50. The molecule has 0 aromatic carbocycles. The van der Waals surface area contributed by atoms with Gasteiger partial charge >= 0.3 is 5.97 Å². The first kappa shape index (κ1) is 15.3. The van der Waals surface area contributed by atoms with E-state index in [1.54, 1.807) is 0 Å². The number of ether oxygens (including phenoxy) is 2. The smallest absolute Gasteiger partial charge is 0.343 e. The summed E-state index contributed by atoms with van der Waals surface area (Å²) in [5.74, 6) is -0.197. The monoisotopic (exact) mass is 266 g/mol. The molecule has 0 radical (unpaired) electrons. The molecular weight excluding hydrogens is 244 g/mol. The Morgan fingerprint density at radius 2 is 2.05 bits per heavy atom.